The molecule has 0 saturated heterocycles. The highest BCUT2D eigenvalue weighted by molar-refractivity contribution is 6.04. The van der Waals surface area contributed by atoms with Gasteiger partial charge < -0.3 is 15.2 Å². The van der Waals surface area contributed by atoms with Crippen LogP contribution in [0.5, 0.6) is 0 Å². The third-order valence-corrected chi connectivity index (χ3v) is 6.76. The summed E-state index contributed by atoms with van der Waals surface area (Å²) < 4.78 is 1.66. The lowest BCUT2D eigenvalue weighted by Crippen LogP contribution is -2.41. The van der Waals surface area contributed by atoms with Gasteiger partial charge in [0.15, 0.2) is 0 Å². The number of aromatic nitrogens is 2. The highest BCUT2D eigenvalue weighted by atomic mass is 16.6. The number of rotatable bonds is 9. The lowest BCUT2D eigenvalue weighted by Gasteiger charge is -2.33. The van der Waals surface area contributed by atoms with Crippen molar-refractivity contribution < 1.29 is 19.3 Å². The number of nitrogens with one attached hydrogen (secondary N) is 1. The van der Waals surface area contributed by atoms with Crippen LogP contribution in [0.1, 0.15) is 66.2 Å². The zero-order valence-corrected chi connectivity index (χ0v) is 20.7. The number of amides is 3. The molecule has 0 spiro atoms. The Labute approximate surface area is 213 Å². The number of primary amides is 1. The number of benzene rings is 2. The van der Waals surface area contributed by atoms with Crippen molar-refractivity contribution in [3.63, 3.8) is 0 Å². The first-order valence-electron chi connectivity index (χ1n) is 12.4. The minimum Gasteiger partial charge on any atom is -0.370 e. The normalized spacial score (nSPS) is 13.9. The van der Waals surface area contributed by atoms with Crippen molar-refractivity contribution in [2.45, 2.75) is 58.0 Å². The molecule has 2 aromatic carbocycles. The van der Waals surface area contributed by atoms with Gasteiger partial charge in [-0.1, -0.05) is 19.3 Å². The number of nitrogens with zero attached hydrogens (tertiary/aromatic N) is 4. The molecule has 37 heavy (non-hydrogen) atoms. The molecule has 3 amide bonds. The van der Waals surface area contributed by atoms with Gasteiger partial charge in [-0.2, -0.15) is 0 Å². The molecule has 1 aliphatic carbocycles. The fraction of sp³-hybridized carbons (Fsp3) is 0.385. The third kappa shape index (κ3) is 5.76. The van der Waals surface area contributed by atoms with Crippen LogP contribution in [0.4, 0.5) is 11.6 Å². The monoisotopic (exact) mass is 506 g/mol. The van der Waals surface area contributed by atoms with E-state index < -0.39 is 16.7 Å². The molecule has 4 rings (SSSR count). The minimum atomic E-state index is -0.544. The highest BCUT2D eigenvalue weighted by Crippen LogP contribution is 2.26. The van der Waals surface area contributed by atoms with Crippen LogP contribution < -0.4 is 11.1 Å². The number of carbonyl (C=O) groups is 3. The Morgan fingerprint density at radius 1 is 1.11 bits per heavy atom. The summed E-state index contributed by atoms with van der Waals surface area (Å²) in [5.41, 5.74) is 7.07. The lowest BCUT2D eigenvalue weighted by molar-refractivity contribution is -0.384. The van der Waals surface area contributed by atoms with Gasteiger partial charge in [-0.3, -0.25) is 29.8 Å². The first-order chi connectivity index (χ1) is 17.8. The predicted octanol–water partition coefficient (Wildman–Crippen LogP) is 3.87. The molecule has 3 N–H and O–H groups in total. The van der Waals surface area contributed by atoms with Crippen molar-refractivity contribution in [1.82, 2.24) is 14.5 Å². The van der Waals surface area contributed by atoms with Crippen LogP contribution in [0.2, 0.25) is 0 Å². The molecule has 1 saturated carbocycles. The minimum absolute atomic E-state index is 0.0256. The van der Waals surface area contributed by atoms with Crippen LogP contribution >= 0.6 is 0 Å². The molecule has 11 nitrogen and oxygen atoms in total. The van der Waals surface area contributed by atoms with E-state index >= 15 is 0 Å². The second-order valence-corrected chi connectivity index (χ2v) is 9.15. The van der Waals surface area contributed by atoms with Crippen LogP contribution in [0.3, 0.4) is 0 Å². The summed E-state index contributed by atoms with van der Waals surface area (Å²) in [6.45, 7) is 2.78. The topological polar surface area (TPSA) is 153 Å². The van der Waals surface area contributed by atoms with E-state index in [2.05, 4.69) is 10.3 Å². The van der Waals surface area contributed by atoms with Crippen molar-refractivity contribution in [3.05, 3.63) is 63.7 Å². The van der Waals surface area contributed by atoms with E-state index in [4.69, 9.17) is 5.73 Å². The van der Waals surface area contributed by atoms with Crippen LogP contribution in [-0.4, -0.2) is 49.7 Å². The van der Waals surface area contributed by atoms with Gasteiger partial charge in [-0.05, 0) is 50.1 Å². The third-order valence-electron chi connectivity index (χ3n) is 6.76. The zero-order valence-electron chi connectivity index (χ0n) is 20.7. The Balaban J connectivity index is 1.64. The van der Waals surface area contributed by atoms with Gasteiger partial charge in [0, 0.05) is 48.8 Å². The molecule has 3 aromatic rings. The van der Waals surface area contributed by atoms with Gasteiger partial charge >= 0.3 is 0 Å². The summed E-state index contributed by atoms with van der Waals surface area (Å²) in [5, 5.41) is 13.6. The number of imidazole rings is 1. The number of carbonyl (C=O) groups excluding carboxylic acids is 3. The SMILES string of the molecule is CCN(C(=O)c1ccc2c(c1)nc(NC(=O)c1ccc([N+](=O)[O-])cc1)n2CCC(N)=O)C1CCCCC1. The summed E-state index contributed by atoms with van der Waals surface area (Å²) in [6.07, 6.45) is 5.47. The van der Waals surface area contributed by atoms with E-state index in [1.807, 2.05) is 11.8 Å². The van der Waals surface area contributed by atoms with E-state index in [1.54, 1.807) is 22.8 Å². The standard InChI is InChI=1S/C26H30N6O5/c1-2-30(19-6-4-3-5-7-19)25(35)18-10-13-22-21(16-18)28-26(31(22)15-14-23(27)33)29-24(34)17-8-11-20(12-9-17)32(36)37/h8-13,16,19H,2-7,14-15H2,1H3,(H2,27,33)(H,28,29,34). The van der Waals surface area contributed by atoms with Gasteiger partial charge in [-0.25, -0.2) is 4.98 Å². The van der Waals surface area contributed by atoms with Gasteiger partial charge in [0.2, 0.25) is 11.9 Å². The smallest absolute Gasteiger partial charge is 0.269 e. The van der Waals surface area contributed by atoms with Crippen molar-refractivity contribution in [1.29, 1.82) is 0 Å². The van der Waals surface area contributed by atoms with Crippen molar-refractivity contribution in [3.8, 4) is 0 Å². The molecule has 0 radical (unpaired) electrons. The van der Waals surface area contributed by atoms with E-state index in [-0.39, 0.29) is 42.1 Å². The molecule has 1 fully saturated rings. The number of hydrogen-bond acceptors (Lipinski definition) is 6. The Hall–Kier alpha value is -4.28. The Morgan fingerprint density at radius 2 is 1.78 bits per heavy atom. The summed E-state index contributed by atoms with van der Waals surface area (Å²) in [5.74, 6) is -0.896. The highest BCUT2D eigenvalue weighted by Gasteiger charge is 2.26. The van der Waals surface area contributed by atoms with Crippen LogP contribution in [0.15, 0.2) is 42.5 Å². The molecular weight excluding hydrogens is 476 g/mol. The van der Waals surface area contributed by atoms with E-state index in [0.717, 1.165) is 25.7 Å². The maximum Gasteiger partial charge on any atom is 0.269 e. The fourth-order valence-electron chi connectivity index (χ4n) is 4.84. The summed E-state index contributed by atoms with van der Waals surface area (Å²) in [7, 11) is 0. The number of non-ortho nitro benzene ring substituents is 1. The molecule has 11 heteroatoms. The average molecular weight is 507 g/mol. The van der Waals surface area contributed by atoms with E-state index in [1.165, 1.54) is 30.7 Å². The maximum absolute atomic E-state index is 13.4. The van der Waals surface area contributed by atoms with Crippen LogP contribution in [0, 0.1) is 10.1 Å². The zero-order chi connectivity index (χ0) is 26.5. The number of nitrogens with two attached hydrogens (primary N) is 1. The van der Waals surface area contributed by atoms with Crippen molar-refractivity contribution >= 4 is 40.4 Å². The van der Waals surface area contributed by atoms with Gasteiger partial charge in [0.1, 0.15) is 0 Å². The maximum atomic E-state index is 13.4. The Bertz CT molecular complexity index is 1330. The van der Waals surface area contributed by atoms with Crippen molar-refractivity contribution in [2.24, 2.45) is 5.73 Å². The van der Waals surface area contributed by atoms with E-state index in [9.17, 15) is 24.5 Å². The first kappa shape index (κ1) is 25.8. The second-order valence-electron chi connectivity index (χ2n) is 9.15. The van der Waals surface area contributed by atoms with Crippen molar-refractivity contribution in [2.75, 3.05) is 11.9 Å². The second kappa shape index (κ2) is 11.2. The molecule has 0 unspecified atom stereocenters. The van der Waals surface area contributed by atoms with E-state index in [0.29, 0.717) is 23.1 Å². The molecule has 0 aliphatic heterocycles. The number of nitro groups is 1. The molecule has 1 aromatic heterocycles. The molecular formula is C26H30N6O5. The number of anilines is 1. The predicted molar refractivity (Wildman–Crippen MR) is 138 cm³/mol. The molecule has 0 bridgehead atoms. The molecule has 194 valence electrons. The number of fused-ring (bicyclic) bond motifs is 1. The van der Waals surface area contributed by atoms with Crippen LogP contribution in [0.25, 0.3) is 11.0 Å². The molecule has 1 heterocycles. The quantitative estimate of drug-likeness (QED) is 0.332. The summed E-state index contributed by atoms with van der Waals surface area (Å²) in [4.78, 5) is 54.5. The number of nitro benzene ring substituents is 1. The molecule has 1 aliphatic rings. The summed E-state index contributed by atoms with van der Waals surface area (Å²) >= 11 is 0. The lowest BCUT2D eigenvalue weighted by atomic mass is 9.93. The van der Waals surface area contributed by atoms with Gasteiger partial charge in [0.25, 0.3) is 17.5 Å². The molecule has 0 atom stereocenters. The Kier molecular flexibility index (Phi) is 7.80. The number of hydrogen-bond donors (Lipinski definition) is 2. The average Bonchev–Trinajstić information content (AvgIpc) is 3.24. The number of aryl methyl sites for hydroxylation is 1. The largest absolute Gasteiger partial charge is 0.370 e. The van der Waals surface area contributed by atoms with Gasteiger partial charge in [-0.15, -0.1) is 0 Å². The van der Waals surface area contributed by atoms with Gasteiger partial charge in [0.05, 0.1) is 16.0 Å². The fourth-order valence-corrected chi connectivity index (χ4v) is 4.84. The van der Waals surface area contributed by atoms with Crippen LogP contribution in [-0.2, 0) is 11.3 Å². The summed E-state index contributed by atoms with van der Waals surface area (Å²) in [6, 6.07) is 10.6. The Morgan fingerprint density at radius 3 is 2.41 bits per heavy atom. The first-order valence-corrected chi connectivity index (χ1v) is 12.4.